The molecule has 2 fully saturated rings. The average molecular weight is 470 g/mol. The zero-order valence-corrected chi connectivity index (χ0v) is 17.7. The van der Waals surface area contributed by atoms with Gasteiger partial charge in [0.15, 0.2) is 5.79 Å². The molecule has 4 heterocycles. The van der Waals surface area contributed by atoms with E-state index in [-0.39, 0.29) is 22.9 Å². The molecule has 13 heteroatoms. The molecule has 1 spiro atoms. The zero-order valence-electron chi connectivity index (χ0n) is 17.7. The van der Waals surface area contributed by atoms with Gasteiger partial charge in [0.05, 0.1) is 29.8 Å². The van der Waals surface area contributed by atoms with E-state index in [0.29, 0.717) is 39.1 Å². The zero-order chi connectivity index (χ0) is 24.0. The Labute approximate surface area is 191 Å². The first-order chi connectivity index (χ1) is 16.3. The third-order valence-electron chi connectivity index (χ3n) is 6.41. The molecule has 1 aromatic carbocycles. The number of nitro groups is 1. The molecule has 1 aromatic heterocycles. The standard InChI is InChI=1S/C21H19FN6O6/c22-14-2-1-11(28(31)32)9-12(14)15-13(10-23)18(29)24-17-16(15)19(30)26-20(25-17)27-5-3-21(4-6-27)33-7-8-34-21/h1-2,9,13,15H,3-8H2,(H2,24,25,26,29,30). The highest BCUT2D eigenvalue weighted by molar-refractivity contribution is 5.98. The van der Waals surface area contributed by atoms with Crippen LogP contribution in [-0.4, -0.2) is 52.9 Å². The van der Waals surface area contributed by atoms with Gasteiger partial charge in [0.1, 0.15) is 17.6 Å². The van der Waals surface area contributed by atoms with Gasteiger partial charge in [-0.1, -0.05) is 0 Å². The molecular formula is C21H19FN6O6. The van der Waals surface area contributed by atoms with E-state index < -0.39 is 45.5 Å². The van der Waals surface area contributed by atoms with Crippen molar-refractivity contribution in [1.82, 2.24) is 9.97 Å². The van der Waals surface area contributed by atoms with Crippen LogP contribution in [0.4, 0.5) is 21.8 Å². The van der Waals surface area contributed by atoms with Crippen molar-refractivity contribution in [3.8, 4) is 6.07 Å². The van der Waals surface area contributed by atoms with Crippen molar-refractivity contribution < 1.29 is 23.6 Å². The largest absolute Gasteiger partial charge is 0.347 e. The van der Waals surface area contributed by atoms with Crippen LogP contribution in [0.5, 0.6) is 0 Å². The number of carbonyl (C=O) groups is 1. The number of non-ortho nitro benzene ring substituents is 1. The fraction of sp³-hybridized carbons (Fsp3) is 0.429. The second-order valence-electron chi connectivity index (χ2n) is 8.28. The number of halogens is 1. The normalized spacial score (nSPS) is 23.3. The van der Waals surface area contributed by atoms with Crippen molar-refractivity contribution >= 4 is 23.4 Å². The van der Waals surface area contributed by atoms with Gasteiger partial charge in [-0.2, -0.15) is 10.2 Å². The lowest BCUT2D eigenvalue weighted by atomic mass is 9.79. The Morgan fingerprint density at radius 2 is 1.97 bits per heavy atom. The van der Waals surface area contributed by atoms with Crippen LogP contribution in [-0.2, 0) is 14.3 Å². The van der Waals surface area contributed by atoms with Gasteiger partial charge in [-0.25, -0.2) is 4.39 Å². The smallest absolute Gasteiger partial charge is 0.269 e. The quantitative estimate of drug-likeness (QED) is 0.498. The van der Waals surface area contributed by atoms with Gasteiger partial charge in [-0.3, -0.25) is 24.7 Å². The number of carbonyl (C=O) groups excluding carboxylic acids is 1. The van der Waals surface area contributed by atoms with Gasteiger partial charge in [0, 0.05) is 49.5 Å². The highest BCUT2D eigenvalue weighted by Gasteiger charge is 2.43. The van der Waals surface area contributed by atoms with Crippen LogP contribution >= 0.6 is 0 Å². The monoisotopic (exact) mass is 470 g/mol. The fourth-order valence-corrected chi connectivity index (χ4v) is 4.71. The number of H-pyrrole nitrogens is 1. The lowest BCUT2D eigenvalue weighted by Gasteiger charge is -2.38. The van der Waals surface area contributed by atoms with Crippen LogP contribution in [0.15, 0.2) is 23.0 Å². The molecule has 0 aliphatic carbocycles. The number of benzene rings is 1. The van der Waals surface area contributed by atoms with Gasteiger partial charge in [0.25, 0.3) is 11.2 Å². The van der Waals surface area contributed by atoms with Crippen molar-refractivity contribution in [1.29, 1.82) is 5.26 Å². The van der Waals surface area contributed by atoms with Crippen LogP contribution in [0.2, 0.25) is 0 Å². The first kappa shape index (κ1) is 21.9. The van der Waals surface area contributed by atoms with Gasteiger partial charge >= 0.3 is 0 Å². The predicted molar refractivity (Wildman–Crippen MR) is 114 cm³/mol. The topological polar surface area (TPSA) is 163 Å². The van der Waals surface area contributed by atoms with E-state index in [9.17, 15) is 29.4 Å². The summed E-state index contributed by atoms with van der Waals surface area (Å²) in [5.41, 5.74) is -1.54. The Hall–Kier alpha value is -3.89. The molecule has 0 saturated carbocycles. The Morgan fingerprint density at radius 1 is 1.26 bits per heavy atom. The Kier molecular flexibility index (Phi) is 5.26. The molecule has 3 aliphatic rings. The molecule has 5 rings (SSSR count). The van der Waals surface area contributed by atoms with E-state index in [1.54, 1.807) is 6.07 Å². The maximum Gasteiger partial charge on any atom is 0.269 e. The minimum atomic E-state index is -1.48. The van der Waals surface area contributed by atoms with Crippen LogP contribution < -0.4 is 15.8 Å². The summed E-state index contributed by atoms with van der Waals surface area (Å²) in [4.78, 5) is 45.2. The molecule has 0 bridgehead atoms. The van der Waals surface area contributed by atoms with Crippen LogP contribution in [0.3, 0.4) is 0 Å². The minimum absolute atomic E-state index is 0.111. The number of piperidine rings is 1. The Morgan fingerprint density at radius 3 is 2.62 bits per heavy atom. The van der Waals surface area contributed by atoms with Gasteiger partial charge in [-0.05, 0) is 6.07 Å². The van der Waals surface area contributed by atoms with Crippen molar-refractivity contribution in [2.45, 2.75) is 24.5 Å². The summed E-state index contributed by atoms with van der Waals surface area (Å²) in [6.07, 6.45) is 1.11. The summed E-state index contributed by atoms with van der Waals surface area (Å²) in [5.74, 6) is -5.05. The number of nitrogens with one attached hydrogen (secondary N) is 2. The average Bonchev–Trinajstić information content (AvgIpc) is 3.26. The number of nitriles is 1. The first-order valence-electron chi connectivity index (χ1n) is 10.6. The molecule has 34 heavy (non-hydrogen) atoms. The van der Waals surface area contributed by atoms with Crippen molar-refractivity contribution in [3.05, 3.63) is 55.6 Å². The molecule has 2 unspecified atom stereocenters. The first-order valence-corrected chi connectivity index (χ1v) is 10.6. The number of fused-ring (bicyclic) bond motifs is 1. The SMILES string of the molecule is N#CC1C(=O)Nc2nc(N3CCC4(CC3)OCCO4)[nH]c(=O)c2C1c1cc([N+](=O)[O-])ccc1F. The number of anilines is 2. The molecule has 12 nitrogen and oxygen atoms in total. The Bertz CT molecular complexity index is 1270. The summed E-state index contributed by atoms with van der Waals surface area (Å²) in [6, 6.07) is 4.57. The molecule has 2 aromatic rings. The molecular weight excluding hydrogens is 451 g/mol. The lowest BCUT2D eigenvalue weighted by Crippen LogP contribution is -2.46. The minimum Gasteiger partial charge on any atom is -0.347 e. The van der Waals surface area contributed by atoms with Crippen LogP contribution in [0, 0.1) is 33.2 Å². The third-order valence-corrected chi connectivity index (χ3v) is 6.41. The summed E-state index contributed by atoms with van der Waals surface area (Å²) in [5, 5.41) is 23.3. The van der Waals surface area contributed by atoms with E-state index in [4.69, 9.17) is 9.47 Å². The number of rotatable bonds is 3. The van der Waals surface area contributed by atoms with E-state index in [0.717, 1.165) is 18.2 Å². The van der Waals surface area contributed by atoms with Gasteiger partial charge in [0.2, 0.25) is 11.9 Å². The maximum atomic E-state index is 14.8. The summed E-state index contributed by atoms with van der Waals surface area (Å²) >= 11 is 0. The second kappa shape index (κ2) is 8.15. The number of ether oxygens (including phenoxy) is 2. The molecule has 176 valence electrons. The number of nitrogens with zero attached hydrogens (tertiary/aromatic N) is 4. The third kappa shape index (κ3) is 3.57. The van der Waals surface area contributed by atoms with Crippen molar-refractivity contribution in [3.63, 3.8) is 0 Å². The lowest BCUT2D eigenvalue weighted by molar-refractivity contribution is -0.385. The molecule has 3 aliphatic heterocycles. The number of hydrogen-bond donors (Lipinski definition) is 2. The van der Waals surface area contributed by atoms with Gasteiger partial charge < -0.3 is 19.7 Å². The highest BCUT2D eigenvalue weighted by atomic mass is 19.1. The number of amides is 1. The van der Waals surface area contributed by atoms with Crippen molar-refractivity contribution in [2.24, 2.45) is 5.92 Å². The molecule has 0 radical (unpaired) electrons. The van der Waals surface area contributed by atoms with E-state index >= 15 is 0 Å². The summed E-state index contributed by atoms with van der Waals surface area (Å²) < 4.78 is 26.2. The highest BCUT2D eigenvalue weighted by Crippen LogP contribution is 2.40. The number of aromatic amines is 1. The predicted octanol–water partition coefficient (Wildman–Crippen LogP) is 1.38. The number of aromatic nitrogens is 2. The summed E-state index contributed by atoms with van der Waals surface area (Å²) in [6.45, 7) is 1.99. The number of hydrogen-bond acceptors (Lipinski definition) is 9. The molecule has 2 saturated heterocycles. The molecule has 2 N–H and O–H groups in total. The van der Waals surface area contributed by atoms with E-state index in [1.807, 2.05) is 4.90 Å². The number of nitro benzene ring substituents is 1. The van der Waals surface area contributed by atoms with E-state index in [2.05, 4.69) is 15.3 Å². The van der Waals surface area contributed by atoms with E-state index in [1.165, 1.54) is 0 Å². The van der Waals surface area contributed by atoms with Crippen molar-refractivity contribution in [2.75, 3.05) is 36.5 Å². The van der Waals surface area contributed by atoms with Crippen LogP contribution in [0.1, 0.15) is 29.9 Å². The van der Waals surface area contributed by atoms with Gasteiger partial charge in [-0.15, -0.1) is 0 Å². The maximum absolute atomic E-state index is 14.8. The second-order valence-corrected chi connectivity index (χ2v) is 8.28. The molecule has 2 atom stereocenters. The fourth-order valence-electron chi connectivity index (χ4n) is 4.71. The Balaban J connectivity index is 1.55. The summed E-state index contributed by atoms with van der Waals surface area (Å²) in [7, 11) is 0. The molecule has 1 amide bonds. The van der Waals surface area contributed by atoms with Crippen LogP contribution in [0.25, 0.3) is 0 Å².